The van der Waals surface area contributed by atoms with E-state index in [9.17, 15) is 24.6 Å². The number of hydrogen-bond donors (Lipinski definition) is 2. The van der Waals surface area contributed by atoms with Crippen LogP contribution in [-0.4, -0.2) is 152 Å². The van der Waals surface area contributed by atoms with Crippen molar-refractivity contribution in [2.24, 2.45) is 28.8 Å². The van der Waals surface area contributed by atoms with Gasteiger partial charge in [-0.2, -0.15) is 0 Å². The number of oxime groups is 1. The van der Waals surface area contributed by atoms with E-state index in [-0.39, 0.29) is 45.5 Å². The van der Waals surface area contributed by atoms with Crippen molar-refractivity contribution < 1.29 is 81.5 Å². The third-order valence-electron chi connectivity index (χ3n) is 16.6. The molecule has 0 bridgehead atoms. The fraction of sp³-hybridized carbons (Fsp3) is 0.639. The van der Waals surface area contributed by atoms with Gasteiger partial charge in [0, 0.05) is 63.1 Å². The SMILES string of the molecule is CC[C@H]1OC(=O)[C@H](C)[C@@H](O[C@H]2C[C@@](C)(OC)[C@@H](OC)[C@H](C)O2)[C@H](C)[C@@H](O[C@@H]2O[C@H](C)C[C@H](N(C)C(=O)OCc3ccccc3)[C@H]2OC(=O)OCc2ccccc2)[C@](C)(OC)C[C@@H](C)/C(=N\OCc2ccccc2Cl)[C@H](C)[C@@H](O)[C@]1(C)O. The first-order chi connectivity index (χ1) is 38.4. The van der Waals surface area contributed by atoms with Gasteiger partial charge in [0.25, 0.3) is 0 Å². The lowest BCUT2D eigenvalue weighted by Crippen LogP contribution is -2.62. The average Bonchev–Trinajstić information content (AvgIpc) is 3.45. The van der Waals surface area contributed by atoms with Crippen LogP contribution in [0.15, 0.2) is 90.1 Å². The zero-order valence-electron chi connectivity index (χ0n) is 49.5. The molecular formula is C61H87ClN2O17. The second kappa shape index (κ2) is 29.1. The molecule has 3 aliphatic heterocycles. The van der Waals surface area contributed by atoms with E-state index in [2.05, 4.69) is 5.16 Å². The number of amides is 1. The molecule has 19 nitrogen and oxygen atoms in total. The Morgan fingerprint density at radius 2 is 1.36 bits per heavy atom. The van der Waals surface area contributed by atoms with Gasteiger partial charge >= 0.3 is 18.2 Å². The number of likely N-dealkylation sites (N-methyl/N-ethyl adjacent to an activating group) is 1. The van der Waals surface area contributed by atoms with Crippen LogP contribution >= 0.6 is 11.6 Å². The molecule has 0 saturated carbocycles. The van der Waals surface area contributed by atoms with Gasteiger partial charge in [-0.25, -0.2) is 9.59 Å². The maximum Gasteiger partial charge on any atom is 0.509 e. The smallest absolute Gasteiger partial charge is 0.459 e. The van der Waals surface area contributed by atoms with Gasteiger partial charge in [-0.15, -0.1) is 0 Å². The number of methoxy groups -OCH3 is 3. The summed E-state index contributed by atoms with van der Waals surface area (Å²) < 4.78 is 70.4. The zero-order chi connectivity index (χ0) is 59.4. The number of nitrogens with zero attached hydrogens (tertiary/aromatic N) is 2. The van der Waals surface area contributed by atoms with Crippen molar-refractivity contribution in [1.82, 2.24) is 4.90 Å². The summed E-state index contributed by atoms with van der Waals surface area (Å²) in [6.07, 6.45) is -11.8. The number of aliphatic hydroxyl groups is 2. The maximum atomic E-state index is 15.0. The summed E-state index contributed by atoms with van der Waals surface area (Å²) in [5.41, 5.74) is -1.89. The predicted molar refractivity (Wildman–Crippen MR) is 301 cm³/mol. The van der Waals surface area contributed by atoms with Crippen LogP contribution in [0.25, 0.3) is 0 Å². The molecule has 450 valence electrons. The van der Waals surface area contributed by atoms with Crippen LogP contribution in [0, 0.1) is 23.7 Å². The maximum absolute atomic E-state index is 15.0. The second-order valence-electron chi connectivity index (χ2n) is 22.6. The summed E-state index contributed by atoms with van der Waals surface area (Å²) in [7, 11) is 6.24. The van der Waals surface area contributed by atoms with Crippen molar-refractivity contribution in [2.45, 2.75) is 199 Å². The first-order valence-electron chi connectivity index (χ1n) is 28.0. The normalized spacial score (nSPS) is 35.7. The Kier molecular flexibility index (Phi) is 23.4. The Labute approximate surface area is 483 Å². The molecule has 1 amide bonds. The van der Waals surface area contributed by atoms with Crippen molar-refractivity contribution in [2.75, 3.05) is 28.4 Å². The summed E-state index contributed by atoms with van der Waals surface area (Å²) in [4.78, 5) is 50.6. The number of hydrogen-bond acceptors (Lipinski definition) is 18. The number of aliphatic hydroxyl groups excluding tert-OH is 1. The first kappa shape index (κ1) is 65.2. The topological polar surface area (TPSA) is 218 Å². The summed E-state index contributed by atoms with van der Waals surface area (Å²) in [6, 6.07) is 24.6. The van der Waals surface area contributed by atoms with Gasteiger partial charge in [-0.3, -0.25) is 4.79 Å². The van der Waals surface area contributed by atoms with Crippen LogP contribution < -0.4 is 0 Å². The first-order valence-corrected chi connectivity index (χ1v) is 28.4. The molecule has 3 aromatic rings. The van der Waals surface area contributed by atoms with Crippen molar-refractivity contribution in [3.05, 3.63) is 107 Å². The van der Waals surface area contributed by atoms with Crippen molar-refractivity contribution >= 4 is 35.5 Å². The third kappa shape index (κ3) is 16.0. The van der Waals surface area contributed by atoms with E-state index in [0.29, 0.717) is 21.9 Å². The van der Waals surface area contributed by atoms with Gasteiger partial charge in [0.2, 0.25) is 0 Å². The molecule has 20 heteroatoms. The van der Waals surface area contributed by atoms with Crippen molar-refractivity contribution in [1.29, 1.82) is 0 Å². The number of carbonyl (C=O) groups excluding carboxylic acids is 3. The summed E-state index contributed by atoms with van der Waals surface area (Å²) in [6.45, 7) is 17.5. The molecule has 81 heavy (non-hydrogen) atoms. The monoisotopic (exact) mass is 1150 g/mol. The summed E-state index contributed by atoms with van der Waals surface area (Å²) >= 11 is 6.54. The van der Waals surface area contributed by atoms with E-state index >= 15 is 0 Å². The quantitative estimate of drug-likeness (QED) is 0.0730. The minimum atomic E-state index is -2.02. The number of halogens is 1. The highest BCUT2D eigenvalue weighted by Crippen LogP contribution is 2.43. The highest BCUT2D eigenvalue weighted by Gasteiger charge is 2.55. The van der Waals surface area contributed by atoms with E-state index in [1.165, 1.54) is 18.9 Å². The molecule has 0 spiro atoms. The molecule has 0 aliphatic carbocycles. The largest absolute Gasteiger partial charge is 0.509 e. The van der Waals surface area contributed by atoms with Gasteiger partial charge in [0.05, 0.1) is 59.4 Å². The lowest BCUT2D eigenvalue weighted by molar-refractivity contribution is -0.320. The molecule has 0 unspecified atom stereocenters. The van der Waals surface area contributed by atoms with Gasteiger partial charge in [0.1, 0.15) is 37.6 Å². The van der Waals surface area contributed by atoms with Crippen LogP contribution in [0.5, 0.6) is 0 Å². The summed E-state index contributed by atoms with van der Waals surface area (Å²) in [5, 5.41) is 29.9. The molecule has 3 heterocycles. The van der Waals surface area contributed by atoms with Gasteiger partial charge in [-0.05, 0) is 78.0 Å². The molecule has 3 aromatic carbocycles. The van der Waals surface area contributed by atoms with Crippen molar-refractivity contribution in [3.8, 4) is 0 Å². The predicted octanol–water partition coefficient (Wildman–Crippen LogP) is 9.82. The van der Waals surface area contributed by atoms with E-state index < -0.39 is 126 Å². The van der Waals surface area contributed by atoms with Crippen LogP contribution in [-0.2, 0) is 81.6 Å². The molecule has 3 saturated heterocycles. The average molecular weight is 1160 g/mol. The molecule has 0 aromatic heterocycles. The molecule has 3 aliphatic rings. The Bertz CT molecular complexity index is 2510. The molecule has 0 radical (unpaired) electrons. The van der Waals surface area contributed by atoms with Crippen LogP contribution in [0.4, 0.5) is 9.59 Å². The standard InChI is InChI=1S/C61H87ClN2O17/c1-15-47-61(10,69)52(65)38(4)49(63-75-35-44-28-22-23-29-45(44)62)36(2)31-59(8,71-13)53(39(5)50(40(6)55(66)78-47)79-48-32-60(9,72-14)54(70-12)41(7)77-48)81-56-51(80-58(68)74-34-43-26-20-17-21-27-43)46(30-37(3)76-56)64(11)57(67)73-33-42-24-18-16-19-25-42/h16-29,36-41,46-48,50-54,56,65,69H,15,30-35H2,1-14H3/b63-49+/t36-,37-,38+,39+,40-,41+,46+,47-,48+,50+,51-,52-,53-,54+,56+,59-,60-,61-/m1/s1. The molecule has 6 rings (SSSR count). The van der Waals surface area contributed by atoms with Crippen LogP contribution in [0.2, 0.25) is 5.02 Å². The lowest BCUT2D eigenvalue weighted by atomic mass is 9.73. The van der Waals surface area contributed by atoms with E-state index in [4.69, 9.17) is 68.5 Å². The van der Waals surface area contributed by atoms with Gasteiger partial charge in [-0.1, -0.05) is 123 Å². The Morgan fingerprint density at radius 3 is 1.95 bits per heavy atom. The van der Waals surface area contributed by atoms with Gasteiger partial charge < -0.3 is 72.1 Å². The number of cyclic esters (lactones) is 1. The second-order valence-corrected chi connectivity index (χ2v) is 23.0. The fourth-order valence-corrected chi connectivity index (χ4v) is 12.0. The van der Waals surface area contributed by atoms with E-state index in [1.54, 1.807) is 66.3 Å². The number of benzene rings is 3. The van der Waals surface area contributed by atoms with Crippen LogP contribution in [0.1, 0.15) is 112 Å². The highest BCUT2D eigenvalue weighted by atomic mass is 35.5. The minimum absolute atomic E-state index is 0.0254. The van der Waals surface area contributed by atoms with Crippen molar-refractivity contribution in [3.63, 3.8) is 0 Å². The number of rotatable bonds is 17. The third-order valence-corrected chi connectivity index (χ3v) is 17.0. The fourth-order valence-electron chi connectivity index (χ4n) is 11.8. The van der Waals surface area contributed by atoms with E-state index in [1.807, 2.05) is 102 Å². The zero-order valence-corrected chi connectivity index (χ0v) is 50.2. The number of ether oxygens (including phenoxy) is 11. The Morgan fingerprint density at radius 1 is 0.765 bits per heavy atom. The minimum Gasteiger partial charge on any atom is -0.459 e. The van der Waals surface area contributed by atoms with E-state index in [0.717, 1.165) is 5.56 Å². The summed E-state index contributed by atoms with van der Waals surface area (Å²) in [5.74, 6) is -4.31. The lowest BCUT2D eigenvalue weighted by Gasteiger charge is -2.50. The number of esters is 1. The van der Waals surface area contributed by atoms with Gasteiger partial charge in [0.15, 0.2) is 18.7 Å². The molecular weight excluding hydrogens is 1070 g/mol. The molecule has 3 fully saturated rings. The Balaban J connectivity index is 1.50. The van der Waals surface area contributed by atoms with Crippen LogP contribution in [0.3, 0.4) is 0 Å². The Hall–Kier alpha value is -4.93. The highest BCUT2D eigenvalue weighted by molar-refractivity contribution is 6.31. The number of carbonyl (C=O) groups is 3. The molecule has 18 atom stereocenters. The molecule has 2 N–H and O–H groups in total.